The molecule has 1 heterocycles. The SMILES string of the molecule is OC(c1cccc(Oc2ccccc2)c1)c1nc(Br)cs1. The van der Waals surface area contributed by atoms with Crippen molar-refractivity contribution in [2.45, 2.75) is 6.10 Å². The molecule has 0 aliphatic carbocycles. The fourth-order valence-corrected chi connectivity index (χ4v) is 3.18. The maximum Gasteiger partial charge on any atom is 0.131 e. The lowest BCUT2D eigenvalue weighted by molar-refractivity contribution is 0.219. The maximum atomic E-state index is 10.4. The lowest BCUT2D eigenvalue weighted by Gasteiger charge is -2.10. The van der Waals surface area contributed by atoms with Crippen molar-refractivity contribution in [2.75, 3.05) is 0 Å². The number of thiazole rings is 1. The summed E-state index contributed by atoms with van der Waals surface area (Å²) in [7, 11) is 0. The first-order valence-corrected chi connectivity index (χ1v) is 8.01. The minimum atomic E-state index is -0.749. The summed E-state index contributed by atoms with van der Waals surface area (Å²) in [6, 6.07) is 17.0. The fourth-order valence-electron chi connectivity index (χ4n) is 1.91. The highest BCUT2D eigenvalue weighted by atomic mass is 79.9. The molecule has 0 aliphatic rings. The van der Waals surface area contributed by atoms with Crippen LogP contribution in [-0.4, -0.2) is 10.1 Å². The quantitative estimate of drug-likeness (QED) is 0.726. The number of ether oxygens (including phenoxy) is 1. The molecule has 1 aromatic heterocycles. The first kappa shape index (κ1) is 14.3. The second kappa shape index (κ2) is 6.39. The van der Waals surface area contributed by atoms with Crippen LogP contribution in [0, 0.1) is 0 Å². The molecular formula is C16H12BrNO2S. The summed E-state index contributed by atoms with van der Waals surface area (Å²) < 4.78 is 6.51. The van der Waals surface area contributed by atoms with Gasteiger partial charge >= 0.3 is 0 Å². The molecular weight excluding hydrogens is 350 g/mol. The number of aromatic nitrogens is 1. The van der Waals surface area contributed by atoms with E-state index in [0.717, 1.165) is 15.9 Å². The van der Waals surface area contributed by atoms with E-state index in [2.05, 4.69) is 20.9 Å². The van der Waals surface area contributed by atoms with Crippen LogP contribution in [0.25, 0.3) is 0 Å². The molecule has 0 aliphatic heterocycles. The van der Waals surface area contributed by atoms with Gasteiger partial charge in [0.1, 0.15) is 27.2 Å². The molecule has 0 saturated carbocycles. The van der Waals surface area contributed by atoms with Crippen LogP contribution in [0.4, 0.5) is 0 Å². The molecule has 1 N–H and O–H groups in total. The van der Waals surface area contributed by atoms with Crippen molar-refractivity contribution in [2.24, 2.45) is 0 Å². The molecule has 21 heavy (non-hydrogen) atoms. The minimum absolute atomic E-state index is 0.652. The van der Waals surface area contributed by atoms with Gasteiger partial charge in [0.25, 0.3) is 0 Å². The van der Waals surface area contributed by atoms with Crippen molar-refractivity contribution in [1.82, 2.24) is 4.98 Å². The molecule has 2 aromatic carbocycles. The number of hydrogen-bond acceptors (Lipinski definition) is 4. The van der Waals surface area contributed by atoms with Gasteiger partial charge in [-0.25, -0.2) is 4.98 Å². The van der Waals surface area contributed by atoms with Gasteiger partial charge < -0.3 is 9.84 Å². The Labute approximate surface area is 135 Å². The fraction of sp³-hybridized carbons (Fsp3) is 0.0625. The number of aliphatic hydroxyl groups is 1. The van der Waals surface area contributed by atoms with E-state index in [0.29, 0.717) is 10.8 Å². The van der Waals surface area contributed by atoms with Gasteiger partial charge in [-0.3, -0.25) is 0 Å². The summed E-state index contributed by atoms with van der Waals surface area (Å²) in [5.74, 6) is 1.45. The number of benzene rings is 2. The number of rotatable bonds is 4. The van der Waals surface area contributed by atoms with E-state index in [-0.39, 0.29) is 0 Å². The highest BCUT2D eigenvalue weighted by Crippen LogP contribution is 2.30. The summed E-state index contributed by atoms with van der Waals surface area (Å²) in [5.41, 5.74) is 0.755. The monoisotopic (exact) mass is 361 g/mol. The molecule has 1 unspecified atom stereocenters. The van der Waals surface area contributed by atoms with Crippen LogP contribution < -0.4 is 4.74 Å². The van der Waals surface area contributed by atoms with Gasteiger partial charge in [0, 0.05) is 5.38 Å². The third-order valence-electron chi connectivity index (χ3n) is 2.88. The second-order valence-corrected chi connectivity index (χ2v) is 6.10. The first-order valence-electron chi connectivity index (χ1n) is 6.34. The van der Waals surface area contributed by atoms with E-state index in [1.54, 1.807) is 0 Å². The predicted octanol–water partition coefficient (Wildman–Crippen LogP) is 4.78. The summed E-state index contributed by atoms with van der Waals surface area (Å²) in [5, 5.41) is 12.9. The van der Waals surface area contributed by atoms with Crippen LogP contribution in [-0.2, 0) is 0 Å². The second-order valence-electron chi connectivity index (χ2n) is 4.40. The molecule has 0 spiro atoms. The normalized spacial score (nSPS) is 12.1. The smallest absolute Gasteiger partial charge is 0.131 e. The Hall–Kier alpha value is -1.69. The number of para-hydroxylation sites is 1. The Morgan fingerprint density at radius 3 is 2.52 bits per heavy atom. The van der Waals surface area contributed by atoms with Gasteiger partial charge in [0.05, 0.1) is 0 Å². The number of aliphatic hydroxyl groups excluding tert-OH is 1. The highest BCUT2D eigenvalue weighted by molar-refractivity contribution is 9.10. The van der Waals surface area contributed by atoms with E-state index < -0.39 is 6.10 Å². The lowest BCUT2D eigenvalue weighted by Crippen LogP contribution is -1.99. The molecule has 3 nitrogen and oxygen atoms in total. The Balaban J connectivity index is 1.83. The molecule has 106 valence electrons. The van der Waals surface area contributed by atoms with Gasteiger partial charge in [-0.1, -0.05) is 30.3 Å². The van der Waals surface area contributed by atoms with Crippen molar-refractivity contribution < 1.29 is 9.84 Å². The van der Waals surface area contributed by atoms with Gasteiger partial charge in [0.15, 0.2) is 0 Å². The van der Waals surface area contributed by atoms with Crippen molar-refractivity contribution in [3.8, 4) is 11.5 Å². The van der Waals surface area contributed by atoms with Gasteiger partial charge in [-0.2, -0.15) is 0 Å². The van der Waals surface area contributed by atoms with E-state index in [9.17, 15) is 5.11 Å². The van der Waals surface area contributed by atoms with Crippen LogP contribution in [0.3, 0.4) is 0 Å². The number of halogens is 1. The lowest BCUT2D eigenvalue weighted by atomic mass is 10.1. The standard InChI is InChI=1S/C16H12BrNO2S/c17-14-10-21-16(18-14)15(19)11-5-4-8-13(9-11)20-12-6-2-1-3-7-12/h1-10,15,19H. The molecule has 0 bridgehead atoms. The zero-order valence-electron chi connectivity index (χ0n) is 10.9. The van der Waals surface area contributed by atoms with Crippen LogP contribution in [0.5, 0.6) is 11.5 Å². The van der Waals surface area contributed by atoms with Gasteiger partial charge in [-0.05, 0) is 45.8 Å². The number of nitrogens with zero attached hydrogens (tertiary/aromatic N) is 1. The summed E-state index contributed by atoms with van der Waals surface area (Å²) in [6.45, 7) is 0. The molecule has 0 amide bonds. The molecule has 0 fully saturated rings. The first-order chi connectivity index (χ1) is 10.2. The molecule has 0 radical (unpaired) electrons. The van der Waals surface area contributed by atoms with Crippen molar-refractivity contribution in [3.63, 3.8) is 0 Å². The molecule has 1 atom stereocenters. The van der Waals surface area contributed by atoms with Gasteiger partial charge in [-0.15, -0.1) is 11.3 Å². The number of hydrogen-bond donors (Lipinski definition) is 1. The van der Waals surface area contributed by atoms with Crippen LogP contribution in [0.1, 0.15) is 16.7 Å². The Morgan fingerprint density at radius 1 is 1.05 bits per heavy atom. The van der Waals surface area contributed by atoms with E-state index in [1.165, 1.54) is 11.3 Å². The molecule has 3 rings (SSSR count). The third-order valence-corrected chi connectivity index (χ3v) is 4.49. The molecule has 0 saturated heterocycles. The van der Waals surface area contributed by atoms with Crippen LogP contribution >= 0.6 is 27.3 Å². The van der Waals surface area contributed by atoms with E-state index in [4.69, 9.17) is 4.74 Å². The van der Waals surface area contributed by atoms with Gasteiger partial charge in [0.2, 0.25) is 0 Å². The van der Waals surface area contributed by atoms with Crippen LogP contribution in [0.15, 0.2) is 64.6 Å². The topological polar surface area (TPSA) is 42.4 Å². The highest BCUT2D eigenvalue weighted by Gasteiger charge is 2.15. The maximum absolute atomic E-state index is 10.4. The average Bonchev–Trinajstić information content (AvgIpc) is 2.94. The largest absolute Gasteiger partial charge is 0.457 e. The van der Waals surface area contributed by atoms with Crippen molar-refractivity contribution >= 4 is 27.3 Å². The van der Waals surface area contributed by atoms with E-state index >= 15 is 0 Å². The Bertz CT molecular complexity index is 730. The summed E-state index contributed by atoms with van der Waals surface area (Å²) >= 11 is 4.71. The summed E-state index contributed by atoms with van der Waals surface area (Å²) in [4.78, 5) is 4.25. The van der Waals surface area contributed by atoms with Crippen LogP contribution in [0.2, 0.25) is 0 Å². The van der Waals surface area contributed by atoms with Crippen molar-refractivity contribution in [3.05, 3.63) is 75.2 Å². The summed E-state index contributed by atoms with van der Waals surface area (Å²) in [6.07, 6.45) is -0.749. The van der Waals surface area contributed by atoms with Crippen molar-refractivity contribution in [1.29, 1.82) is 0 Å². The molecule has 5 heteroatoms. The Morgan fingerprint density at radius 2 is 1.81 bits per heavy atom. The molecule has 3 aromatic rings. The minimum Gasteiger partial charge on any atom is -0.457 e. The average molecular weight is 362 g/mol. The zero-order valence-corrected chi connectivity index (χ0v) is 13.3. The third kappa shape index (κ3) is 3.50. The van der Waals surface area contributed by atoms with E-state index in [1.807, 2.05) is 60.0 Å². The zero-order chi connectivity index (χ0) is 14.7. The predicted molar refractivity (Wildman–Crippen MR) is 86.8 cm³/mol. The Kier molecular flexibility index (Phi) is 4.34.